The van der Waals surface area contributed by atoms with Gasteiger partial charge in [-0.3, -0.25) is 0 Å². The van der Waals surface area contributed by atoms with Gasteiger partial charge in [-0.05, 0) is 18.6 Å². The van der Waals surface area contributed by atoms with Crippen LogP contribution in [-0.4, -0.2) is 15.8 Å². The average molecular weight is 215 g/mol. The molecule has 0 saturated heterocycles. The van der Waals surface area contributed by atoms with Gasteiger partial charge in [0.1, 0.15) is 0 Å². The Morgan fingerprint density at radius 3 is 2.75 bits per heavy atom. The molecule has 0 spiro atoms. The first-order valence-electron chi connectivity index (χ1n) is 5.09. The predicted octanol–water partition coefficient (Wildman–Crippen LogP) is 1.95. The van der Waals surface area contributed by atoms with E-state index in [2.05, 4.69) is 10.4 Å². The molecule has 0 saturated carbocycles. The topological polar surface area (TPSA) is 46.9 Å². The average Bonchev–Trinajstić information content (AvgIpc) is 2.81. The lowest BCUT2D eigenvalue weighted by Crippen LogP contribution is -2.28. The molecule has 2 rings (SSSR count). The molecule has 2 aromatic rings. The minimum Gasteiger partial charge on any atom is -0.332 e. The van der Waals surface area contributed by atoms with Gasteiger partial charge in [-0.25, -0.2) is 4.79 Å². The first kappa shape index (κ1) is 10.4. The molecule has 4 heteroatoms. The number of nitrogens with one attached hydrogen (secondary N) is 1. The van der Waals surface area contributed by atoms with Crippen molar-refractivity contribution in [3.63, 3.8) is 0 Å². The van der Waals surface area contributed by atoms with Gasteiger partial charge in [0.05, 0.1) is 0 Å². The molecule has 0 unspecified atom stereocenters. The third-order valence-electron chi connectivity index (χ3n) is 2.28. The van der Waals surface area contributed by atoms with Gasteiger partial charge in [0.25, 0.3) is 0 Å². The van der Waals surface area contributed by atoms with Crippen molar-refractivity contribution in [3.05, 3.63) is 53.9 Å². The third-order valence-corrected chi connectivity index (χ3v) is 2.28. The second-order valence-corrected chi connectivity index (χ2v) is 3.59. The summed E-state index contributed by atoms with van der Waals surface area (Å²) in [6, 6.07) is 9.54. The molecule has 4 nitrogen and oxygen atoms in total. The zero-order valence-electron chi connectivity index (χ0n) is 9.05. The largest absolute Gasteiger partial charge is 0.342 e. The summed E-state index contributed by atoms with van der Waals surface area (Å²) in [5.41, 5.74) is 2.29. The smallest absolute Gasteiger partial charge is 0.332 e. The van der Waals surface area contributed by atoms with E-state index in [9.17, 15) is 4.79 Å². The van der Waals surface area contributed by atoms with E-state index in [-0.39, 0.29) is 6.03 Å². The fraction of sp³-hybridized carbons (Fsp3) is 0.167. The van der Waals surface area contributed by atoms with E-state index >= 15 is 0 Å². The lowest BCUT2D eigenvalue weighted by Gasteiger charge is -2.05. The summed E-state index contributed by atoms with van der Waals surface area (Å²) in [7, 11) is 0. The predicted molar refractivity (Wildman–Crippen MR) is 61.0 cm³/mol. The van der Waals surface area contributed by atoms with Crippen molar-refractivity contribution in [1.82, 2.24) is 15.1 Å². The number of hydrogen-bond acceptors (Lipinski definition) is 2. The number of aromatic nitrogens is 2. The number of carbonyl (C=O) groups excluding carboxylic acids is 1. The van der Waals surface area contributed by atoms with E-state index in [4.69, 9.17) is 0 Å². The molecular weight excluding hydrogens is 202 g/mol. The zero-order valence-corrected chi connectivity index (χ0v) is 9.05. The maximum atomic E-state index is 11.5. The highest BCUT2D eigenvalue weighted by Crippen LogP contribution is 2.02. The first-order chi connectivity index (χ1) is 7.75. The summed E-state index contributed by atoms with van der Waals surface area (Å²) in [6.07, 6.45) is 3.19. The van der Waals surface area contributed by atoms with Gasteiger partial charge < -0.3 is 5.32 Å². The van der Waals surface area contributed by atoms with Crippen LogP contribution in [0.4, 0.5) is 4.79 Å². The summed E-state index contributed by atoms with van der Waals surface area (Å²) in [5, 5.41) is 6.63. The molecule has 1 aromatic heterocycles. The second-order valence-electron chi connectivity index (χ2n) is 3.59. The Hall–Kier alpha value is -2.10. The Morgan fingerprint density at radius 1 is 1.38 bits per heavy atom. The van der Waals surface area contributed by atoms with Gasteiger partial charge in [-0.1, -0.05) is 29.8 Å². The Labute approximate surface area is 93.9 Å². The Bertz CT molecular complexity index is 460. The minimum atomic E-state index is -0.217. The van der Waals surface area contributed by atoms with Gasteiger partial charge in [0, 0.05) is 18.9 Å². The van der Waals surface area contributed by atoms with Crippen LogP contribution in [0.3, 0.4) is 0 Å². The number of hydrogen-bond donors (Lipinski definition) is 1. The SMILES string of the molecule is Cc1ccc(CNC(=O)n2cccn2)cc1. The van der Waals surface area contributed by atoms with Crippen LogP contribution in [0, 0.1) is 6.92 Å². The van der Waals surface area contributed by atoms with E-state index in [0.717, 1.165) is 5.56 Å². The van der Waals surface area contributed by atoms with Crippen LogP contribution in [0.5, 0.6) is 0 Å². The van der Waals surface area contributed by atoms with Crippen LogP contribution in [0.1, 0.15) is 11.1 Å². The van der Waals surface area contributed by atoms with E-state index < -0.39 is 0 Å². The molecule has 0 aliphatic carbocycles. The van der Waals surface area contributed by atoms with Crippen molar-refractivity contribution in [2.75, 3.05) is 0 Å². The number of carbonyl (C=O) groups is 1. The molecule has 0 bridgehead atoms. The highest BCUT2D eigenvalue weighted by atomic mass is 16.2. The number of benzene rings is 1. The van der Waals surface area contributed by atoms with Gasteiger partial charge >= 0.3 is 6.03 Å². The highest BCUT2D eigenvalue weighted by molar-refractivity contribution is 5.75. The highest BCUT2D eigenvalue weighted by Gasteiger charge is 2.02. The zero-order chi connectivity index (χ0) is 11.4. The number of rotatable bonds is 2. The second kappa shape index (κ2) is 4.61. The van der Waals surface area contributed by atoms with Crippen LogP contribution in [-0.2, 0) is 6.54 Å². The van der Waals surface area contributed by atoms with Gasteiger partial charge in [0.15, 0.2) is 0 Å². The minimum absolute atomic E-state index is 0.217. The van der Waals surface area contributed by atoms with Crippen LogP contribution in [0.15, 0.2) is 42.7 Å². The Kier molecular flexibility index (Phi) is 3.00. The van der Waals surface area contributed by atoms with Crippen LogP contribution in [0.25, 0.3) is 0 Å². The normalized spacial score (nSPS) is 10.1. The van der Waals surface area contributed by atoms with Crippen molar-refractivity contribution in [2.45, 2.75) is 13.5 Å². The van der Waals surface area contributed by atoms with Crippen molar-refractivity contribution < 1.29 is 4.79 Å². The molecule has 0 radical (unpaired) electrons. The third kappa shape index (κ3) is 2.48. The molecule has 0 atom stereocenters. The molecule has 16 heavy (non-hydrogen) atoms. The summed E-state index contributed by atoms with van der Waals surface area (Å²) >= 11 is 0. The van der Waals surface area contributed by atoms with Crippen LogP contribution < -0.4 is 5.32 Å². The molecule has 1 heterocycles. The molecular formula is C12H13N3O. The summed E-state index contributed by atoms with van der Waals surface area (Å²) in [4.78, 5) is 11.5. The van der Waals surface area contributed by atoms with E-state index in [0.29, 0.717) is 6.54 Å². The molecule has 82 valence electrons. The molecule has 1 N–H and O–H groups in total. The standard InChI is InChI=1S/C12H13N3O/c1-10-3-5-11(6-4-10)9-13-12(16)15-8-2-7-14-15/h2-8H,9H2,1H3,(H,13,16). The summed E-state index contributed by atoms with van der Waals surface area (Å²) < 4.78 is 1.27. The van der Waals surface area contributed by atoms with Crippen molar-refractivity contribution in [1.29, 1.82) is 0 Å². The lowest BCUT2D eigenvalue weighted by atomic mass is 10.1. The fourth-order valence-corrected chi connectivity index (χ4v) is 1.35. The first-order valence-corrected chi connectivity index (χ1v) is 5.09. The Morgan fingerprint density at radius 2 is 2.12 bits per heavy atom. The molecule has 0 fully saturated rings. The van der Waals surface area contributed by atoms with Crippen molar-refractivity contribution in [2.24, 2.45) is 0 Å². The van der Waals surface area contributed by atoms with Gasteiger partial charge in [-0.15, -0.1) is 0 Å². The maximum Gasteiger partial charge on any atom is 0.342 e. The van der Waals surface area contributed by atoms with Gasteiger partial charge in [-0.2, -0.15) is 9.78 Å². The van der Waals surface area contributed by atoms with E-state index in [1.807, 2.05) is 31.2 Å². The van der Waals surface area contributed by atoms with E-state index in [1.54, 1.807) is 18.5 Å². The van der Waals surface area contributed by atoms with Crippen LogP contribution >= 0.6 is 0 Å². The summed E-state index contributed by atoms with van der Waals surface area (Å²) in [5.74, 6) is 0. The molecule has 0 aliphatic rings. The lowest BCUT2D eigenvalue weighted by molar-refractivity contribution is 0.239. The van der Waals surface area contributed by atoms with Crippen molar-refractivity contribution in [3.8, 4) is 0 Å². The van der Waals surface area contributed by atoms with E-state index in [1.165, 1.54) is 10.2 Å². The number of aryl methyl sites for hydroxylation is 1. The number of amides is 1. The number of nitrogens with zero attached hydrogens (tertiary/aromatic N) is 2. The molecule has 0 aliphatic heterocycles. The monoisotopic (exact) mass is 215 g/mol. The molecule has 1 aromatic carbocycles. The van der Waals surface area contributed by atoms with Gasteiger partial charge in [0.2, 0.25) is 0 Å². The maximum absolute atomic E-state index is 11.5. The quantitative estimate of drug-likeness (QED) is 0.832. The fourth-order valence-electron chi connectivity index (χ4n) is 1.35. The van der Waals surface area contributed by atoms with Crippen molar-refractivity contribution >= 4 is 6.03 Å². The summed E-state index contributed by atoms with van der Waals surface area (Å²) in [6.45, 7) is 2.55. The Balaban J connectivity index is 1.93. The van der Waals surface area contributed by atoms with Crippen LogP contribution in [0.2, 0.25) is 0 Å². The molecule has 1 amide bonds.